The molecule has 1 fully saturated rings. The second-order valence-corrected chi connectivity index (χ2v) is 8.61. The molecule has 0 aromatic heterocycles. The summed E-state index contributed by atoms with van der Waals surface area (Å²) in [7, 11) is 0. The third kappa shape index (κ3) is 4.87. The Hall–Kier alpha value is -1.84. The van der Waals surface area contributed by atoms with Crippen LogP contribution in [0.15, 0.2) is 48.5 Å². The minimum absolute atomic E-state index is 0.126. The average molecular weight is 354 g/mol. The van der Waals surface area contributed by atoms with Crippen LogP contribution in [0.2, 0.25) is 0 Å². The summed E-state index contributed by atoms with van der Waals surface area (Å²) < 4.78 is 5.84. The maximum absolute atomic E-state index is 10.6. The van der Waals surface area contributed by atoms with E-state index in [1.165, 1.54) is 16.7 Å². The van der Waals surface area contributed by atoms with Crippen LogP contribution in [0.5, 0.6) is 0 Å². The predicted octanol–water partition coefficient (Wildman–Crippen LogP) is 5.06. The Morgan fingerprint density at radius 2 is 1.77 bits per heavy atom. The molecule has 0 aliphatic heterocycles. The van der Waals surface area contributed by atoms with Crippen LogP contribution in [0.1, 0.15) is 50.3 Å². The molecule has 3 nitrogen and oxygen atoms in total. The third-order valence-electron chi connectivity index (χ3n) is 5.07. The molecule has 0 bridgehead atoms. The average Bonchev–Trinajstić information content (AvgIpc) is 3.36. The van der Waals surface area contributed by atoms with Crippen molar-refractivity contribution in [2.75, 3.05) is 5.32 Å². The van der Waals surface area contributed by atoms with E-state index >= 15 is 0 Å². The van der Waals surface area contributed by atoms with Gasteiger partial charge in [-0.2, -0.15) is 0 Å². The number of hydrogen-bond acceptors (Lipinski definition) is 3. The topological polar surface area (TPSA) is 41.5 Å². The Labute approximate surface area is 157 Å². The van der Waals surface area contributed by atoms with Crippen molar-refractivity contribution in [3.8, 4) is 0 Å². The standard InChI is InChI=1S/C23H31NO2/c1-17-10-11-19(14-20(17)24-16-18-8-6-5-7-9-18)15-23(12-13-23)21(25)26-22(2,3)4/h5-11,14,21,24-25H,12-13,15-16H2,1-4H3. The van der Waals surface area contributed by atoms with Gasteiger partial charge in [-0.3, -0.25) is 0 Å². The summed E-state index contributed by atoms with van der Waals surface area (Å²) >= 11 is 0. The first-order valence-electron chi connectivity index (χ1n) is 9.51. The number of benzene rings is 2. The van der Waals surface area contributed by atoms with Crippen LogP contribution in [0.3, 0.4) is 0 Å². The molecule has 0 amide bonds. The van der Waals surface area contributed by atoms with Crippen molar-refractivity contribution in [1.82, 2.24) is 0 Å². The quantitative estimate of drug-likeness (QED) is 0.683. The van der Waals surface area contributed by atoms with E-state index in [2.05, 4.69) is 54.7 Å². The van der Waals surface area contributed by atoms with E-state index in [1.54, 1.807) is 0 Å². The molecular formula is C23H31NO2. The van der Waals surface area contributed by atoms with E-state index < -0.39 is 6.29 Å². The highest BCUT2D eigenvalue weighted by Crippen LogP contribution is 2.52. The highest BCUT2D eigenvalue weighted by molar-refractivity contribution is 5.53. The maximum Gasteiger partial charge on any atom is 0.161 e. The van der Waals surface area contributed by atoms with Crippen molar-refractivity contribution in [2.24, 2.45) is 5.41 Å². The first kappa shape index (κ1) is 18.9. The molecule has 0 heterocycles. The molecule has 2 aromatic carbocycles. The summed E-state index contributed by atoms with van der Waals surface area (Å²) in [6.07, 6.45) is 2.19. The molecule has 26 heavy (non-hydrogen) atoms. The number of hydrogen-bond donors (Lipinski definition) is 2. The van der Waals surface area contributed by atoms with Crippen molar-refractivity contribution in [1.29, 1.82) is 0 Å². The van der Waals surface area contributed by atoms with Crippen LogP contribution in [0, 0.1) is 12.3 Å². The lowest BCUT2D eigenvalue weighted by Gasteiger charge is -2.30. The number of nitrogens with one attached hydrogen (secondary N) is 1. The molecule has 3 rings (SSSR count). The molecule has 0 saturated heterocycles. The fraction of sp³-hybridized carbons (Fsp3) is 0.478. The van der Waals surface area contributed by atoms with Gasteiger partial charge in [0.2, 0.25) is 0 Å². The number of aryl methyl sites for hydroxylation is 1. The van der Waals surface area contributed by atoms with Gasteiger partial charge in [-0.1, -0.05) is 42.5 Å². The van der Waals surface area contributed by atoms with Gasteiger partial charge in [0.25, 0.3) is 0 Å². The number of ether oxygens (including phenoxy) is 1. The van der Waals surface area contributed by atoms with Gasteiger partial charge in [0.15, 0.2) is 6.29 Å². The summed E-state index contributed by atoms with van der Waals surface area (Å²) in [4.78, 5) is 0. The number of aliphatic hydroxyl groups excluding tert-OH is 1. The van der Waals surface area contributed by atoms with Gasteiger partial charge in [0.05, 0.1) is 5.60 Å². The zero-order valence-corrected chi connectivity index (χ0v) is 16.4. The van der Waals surface area contributed by atoms with E-state index in [9.17, 15) is 5.11 Å². The second kappa shape index (κ2) is 7.42. The van der Waals surface area contributed by atoms with E-state index in [0.29, 0.717) is 0 Å². The largest absolute Gasteiger partial charge is 0.381 e. The minimum atomic E-state index is -0.704. The zero-order valence-electron chi connectivity index (χ0n) is 16.4. The van der Waals surface area contributed by atoms with E-state index in [0.717, 1.165) is 31.5 Å². The Kier molecular flexibility index (Phi) is 5.40. The van der Waals surface area contributed by atoms with Gasteiger partial charge in [-0.25, -0.2) is 0 Å². The van der Waals surface area contributed by atoms with Crippen LogP contribution < -0.4 is 5.32 Å². The second-order valence-electron chi connectivity index (χ2n) is 8.61. The molecule has 2 N–H and O–H groups in total. The van der Waals surface area contributed by atoms with Crippen LogP contribution in [0.25, 0.3) is 0 Å². The molecule has 1 unspecified atom stereocenters. The molecule has 3 heteroatoms. The van der Waals surface area contributed by atoms with Gasteiger partial charge in [-0.15, -0.1) is 0 Å². The predicted molar refractivity (Wildman–Crippen MR) is 107 cm³/mol. The third-order valence-corrected chi connectivity index (χ3v) is 5.07. The lowest BCUT2D eigenvalue weighted by Crippen LogP contribution is -2.35. The van der Waals surface area contributed by atoms with Gasteiger partial charge in [-0.05, 0) is 69.7 Å². The van der Waals surface area contributed by atoms with E-state index in [1.807, 2.05) is 26.8 Å². The molecule has 1 saturated carbocycles. The Balaban J connectivity index is 1.67. The first-order chi connectivity index (χ1) is 12.3. The molecule has 2 aromatic rings. The van der Waals surface area contributed by atoms with Gasteiger partial charge < -0.3 is 15.2 Å². The van der Waals surface area contributed by atoms with Crippen molar-refractivity contribution >= 4 is 5.69 Å². The van der Waals surface area contributed by atoms with Gasteiger partial charge in [0, 0.05) is 17.6 Å². The summed E-state index contributed by atoms with van der Waals surface area (Å²) in [5.41, 5.74) is 4.46. The van der Waals surface area contributed by atoms with Crippen molar-refractivity contribution < 1.29 is 9.84 Å². The Bertz CT molecular complexity index is 730. The summed E-state index contributed by atoms with van der Waals surface area (Å²) in [5, 5.41) is 14.1. The highest BCUT2D eigenvalue weighted by Gasteiger charge is 2.50. The van der Waals surface area contributed by atoms with Crippen molar-refractivity contribution in [2.45, 2.75) is 65.4 Å². The number of rotatable bonds is 7. The van der Waals surface area contributed by atoms with Crippen LogP contribution in [-0.4, -0.2) is 17.0 Å². The lowest BCUT2D eigenvalue weighted by atomic mass is 9.94. The van der Waals surface area contributed by atoms with E-state index in [-0.39, 0.29) is 11.0 Å². The fourth-order valence-corrected chi connectivity index (χ4v) is 3.30. The van der Waals surface area contributed by atoms with Crippen molar-refractivity contribution in [3.63, 3.8) is 0 Å². The summed E-state index contributed by atoms with van der Waals surface area (Å²) in [5.74, 6) is 0. The SMILES string of the molecule is Cc1ccc(CC2(C(O)OC(C)(C)C)CC2)cc1NCc1ccccc1. The monoisotopic (exact) mass is 353 g/mol. The van der Waals surface area contributed by atoms with Crippen LogP contribution in [-0.2, 0) is 17.7 Å². The molecule has 1 aliphatic carbocycles. The zero-order chi connectivity index (χ0) is 18.8. The minimum Gasteiger partial charge on any atom is -0.381 e. The normalized spacial score (nSPS) is 17.0. The summed E-state index contributed by atoms with van der Waals surface area (Å²) in [6.45, 7) is 8.91. The molecule has 140 valence electrons. The van der Waals surface area contributed by atoms with Gasteiger partial charge >= 0.3 is 0 Å². The lowest BCUT2D eigenvalue weighted by molar-refractivity contribution is -0.199. The van der Waals surface area contributed by atoms with Gasteiger partial charge in [0.1, 0.15) is 0 Å². The summed E-state index contributed by atoms with van der Waals surface area (Å²) in [6, 6.07) is 17.0. The molecule has 0 radical (unpaired) electrons. The van der Waals surface area contributed by atoms with Crippen molar-refractivity contribution in [3.05, 3.63) is 65.2 Å². The molecular weight excluding hydrogens is 322 g/mol. The fourth-order valence-electron chi connectivity index (χ4n) is 3.30. The molecule has 1 atom stereocenters. The molecule has 1 aliphatic rings. The Morgan fingerprint density at radius 3 is 2.38 bits per heavy atom. The van der Waals surface area contributed by atoms with Crippen LogP contribution in [0.4, 0.5) is 5.69 Å². The Morgan fingerprint density at radius 1 is 1.08 bits per heavy atom. The van der Waals surface area contributed by atoms with E-state index in [4.69, 9.17) is 4.74 Å². The number of aliphatic hydroxyl groups is 1. The first-order valence-corrected chi connectivity index (χ1v) is 9.51. The molecule has 0 spiro atoms. The number of anilines is 1. The highest BCUT2D eigenvalue weighted by atomic mass is 16.6. The van der Waals surface area contributed by atoms with Crippen LogP contribution >= 0.6 is 0 Å². The smallest absolute Gasteiger partial charge is 0.161 e. The maximum atomic E-state index is 10.6.